The third-order valence-electron chi connectivity index (χ3n) is 5.72. The van der Waals surface area contributed by atoms with Gasteiger partial charge < -0.3 is 14.2 Å². The second-order valence-corrected chi connectivity index (χ2v) is 7.66. The van der Waals surface area contributed by atoms with Crippen LogP contribution >= 0.6 is 0 Å². The number of aryl methyl sites for hydroxylation is 1. The molecule has 0 bridgehead atoms. The molecule has 140 valence electrons. The van der Waals surface area contributed by atoms with Gasteiger partial charge in [-0.05, 0) is 68.3 Å². The van der Waals surface area contributed by atoms with Crippen LogP contribution in [0.15, 0.2) is 42.5 Å². The highest BCUT2D eigenvalue weighted by Gasteiger charge is 2.20. The average Bonchev–Trinajstić information content (AvgIpc) is 2.82. The quantitative estimate of drug-likeness (QED) is 0.653. The van der Waals surface area contributed by atoms with Crippen LogP contribution in [0, 0.1) is 6.92 Å². The van der Waals surface area contributed by atoms with Crippen molar-refractivity contribution in [2.24, 2.45) is 0 Å². The third kappa shape index (κ3) is 3.40. The number of rotatable bonds is 3. The van der Waals surface area contributed by atoms with Gasteiger partial charge in [-0.2, -0.15) is 0 Å². The predicted octanol–water partition coefficient (Wildman–Crippen LogP) is 5.01. The Morgan fingerprint density at radius 3 is 2.52 bits per heavy atom. The van der Waals surface area contributed by atoms with Crippen LogP contribution in [0.25, 0.3) is 22.7 Å². The Morgan fingerprint density at radius 2 is 1.78 bits per heavy atom. The van der Waals surface area contributed by atoms with Crippen molar-refractivity contribution >= 4 is 22.7 Å². The van der Waals surface area contributed by atoms with Gasteiger partial charge in [-0.15, -0.1) is 0 Å². The summed E-state index contributed by atoms with van der Waals surface area (Å²) < 4.78 is 7.73. The molecule has 2 aromatic carbocycles. The zero-order chi connectivity index (χ0) is 19.0. The van der Waals surface area contributed by atoms with E-state index in [1.165, 1.54) is 38.9 Å². The molecule has 0 aliphatic carbocycles. The zero-order valence-corrected chi connectivity index (χ0v) is 16.7. The second-order valence-electron chi connectivity index (χ2n) is 7.66. The molecule has 0 radical (unpaired) electrons. The van der Waals surface area contributed by atoms with E-state index in [4.69, 9.17) is 4.74 Å². The number of allylic oxidation sites excluding steroid dienone is 1. The minimum atomic E-state index is 0.894. The van der Waals surface area contributed by atoms with Gasteiger partial charge in [0.2, 0.25) is 0 Å². The number of methoxy groups -OCH3 is 1. The summed E-state index contributed by atoms with van der Waals surface area (Å²) in [6.45, 7) is 6.61. The molecule has 3 heteroatoms. The molecule has 0 atom stereocenters. The van der Waals surface area contributed by atoms with Crippen LogP contribution in [0.1, 0.15) is 29.3 Å². The third-order valence-corrected chi connectivity index (χ3v) is 5.72. The SMILES string of the molecule is COc1ccc(/C(C)=C\n2c3c(c4cc(C)ccc42)CCN(C)CC3)cc1. The highest BCUT2D eigenvalue weighted by molar-refractivity contribution is 5.90. The molecule has 1 aliphatic rings. The highest BCUT2D eigenvalue weighted by atomic mass is 16.5. The van der Waals surface area contributed by atoms with E-state index in [9.17, 15) is 0 Å². The molecule has 0 unspecified atom stereocenters. The Morgan fingerprint density at radius 1 is 1.04 bits per heavy atom. The van der Waals surface area contributed by atoms with Crippen molar-refractivity contribution in [3.8, 4) is 5.75 Å². The van der Waals surface area contributed by atoms with Gasteiger partial charge in [0, 0.05) is 36.8 Å². The van der Waals surface area contributed by atoms with Crippen molar-refractivity contribution < 1.29 is 4.74 Å². The largest absolute Gasteiger partial charge is 0.497 e. The Labute approximate surface area is 161 Å². The standard InChI is InChI=1S/C24H28N2O/c1-17-5-10-23-22(15-17)21-11-13-25(3)14-12-24(21)26(23)16-18(2)19-6-8-20(27-4)9-7-19/h5-10,15-16H,11-14H2,1-4H3/b18-16-. The average molecular weight is 361 g/mol. The molecule has 0 saturated heterocycles. The van der Waals surface area contributed by atoms with Crippen LogP contribution in [0.5, 0.6) is 5.75 Å². The first-order valence-electron chi connectivity index (χ1n) is 9.70. The van der Waals surface area contributed by atoms with Crippen LogP contribution in [0.2, 0.25) is 0 Å². The fourth-order valence-electron chi connectivity index (χ4n) is 4.08. The van der Waals surface area contributed by atoms with Gasteiger partial charge in [-0.3, -0.25) is 0 Å². The number of nitrogens with zero attached hydrogens (tertiary/aromatic N) is 2. The number of fused-ring (bicyclic) bond motifs is 3. The summed E-state index contributed by atoms with van der Waals surface area (Å²) in [6, 6.07) is 15.2. The molecule has 2 heterocycles. The van der Waals surface area contributed by atoms with E-state index in [0.29, 0.717) is 0 Å². The molecule has 0 amide bonds. The Kier molecular flexibility index (Phi) is 4.79. The fraction of sp³-hybridized carbons (Fsp3) is 0.333. The normalized spacial score (nSPS) is 15.6. The molecule has 0 N–H and O–H groups in total. The van der Waals surface area contributed by atoms with E-state index < -0.39 is 0 Å². The van der Waals surface area contributed by atoms with E-state index in [1.54, 1.807) is 7.11 Å². The lowest BCUT2D eigenvalue weighted by Gasteiger charge is -2.13. The Hall–Kier alpha value is -2.52. The molecule has 0 saturated carbocycles. The van der Waals surface area contributed by atoms with Gasteiger partial charge in [0.1, 0.15) is 5.75 Å². The summed E-state index contributed by atoms with van der Waals surface area (Å²) in [5.74, 6) is 0.894. The first kappa shape index (κ1) is 17.9. The lowest BCUT2D eigenvalue weighted by atomic mass is 10.1. The molecule has 1 aromatic heterocycles. The van der Waals surface area contributed by atoms with E-state index in [-0.39, 0.29) is 0 Å². The summed E-state index contributed by atoms with van der Waals surface area (Å²) in [5, 5.41) is 1.42. The van der Waals surface area contributed by atoms with Crippen molar-refractivity contribution in [2.75, 3.05) is 27.2 Å². The first-order valence-corrected chi connectivity index (χ1v) is 9.70. The maximum absolute atomic E-state index is 5.29. The van der Waals surface area contributed by atoms with Crippen LogP contribution < -0.4 is 4.74 Å². The van der Waals surface area contributed by atoms with Gasteiger partial charge in [-0.1, -0.05) is 23.8 Å². The molecular formula is C24H28N2O. The summed E-state index contributed by atoms with van der Waals surface area (Å²) in [5.41, 5.74) is 8.13. The second kappa shape index (κ2) is 7.24. The molecule has 3 nitrogen and oxygen atoms in total. The predicted molar refractivity (Wildman–Crippen MR) is 114 cm³/mol. The summed E-state index contributed by atoms with van der Waals surface area (Å²) >= 11 is 0. The number of aromatic nitrogens is 1. The van der Waals surface area contributed by atoms with E-state index >= 15 is 0 Å². The van der Waals surface area contributed by atoms with Gasteiger partial charge in [0.05, 0.1) is 12.6 Å². The summed E-state index contributed by atoms with van der Waals surface area (Å²) in [4.78, 5) is 2.44. The number of hydrogen-bond donors (Lipinski definition) is 0. The molecule has 1 aliphatic heterocycles. The maximum Gasteiger partial charge on any atom is 0.118 e. The summed E-state index contributed by atoms with van der Waals surface area (Å²) in [6.07, 6.45) is 4.52. The monoisotopic (exact) mass is 360 g/mol. The lowest BCUT2D eigenvalue weighted by Crippen LogP contribution is -2.21. The first-order chi connectivity index (χ1) is 13.1. The Bertz CT molecular complexity index is 995. The fourth-order valence-corrected chi connectivity index (χ4v) is 4.08. The van der Waals surface area contributed by atoms with Crippen LogP contribution in [0.3, 0.4) is 0 Å². The van der Waals surface area contributed by atoms with Gasteiger partial charge in [0.25, 0.3) is 0 Å². The van der Waals surface area contributed by atoms with E-state index in [1.807, 2.05) is 12.1 Å². The van der Waals surface area contributed by atoms with Crippen LogP contribution in [-0.2, 0) is 12.8 Å². The number of hydrogen-bond acceptors (Lipinski definition) is 2. The van der Waals surface area contributed by atoms with Crippen molar-refractivity contribution in [3.05, 3.63) is 64.8 Å². The van der Waals surface area contributed by atoms with Gasteiger partial charge >= 0.3 is 0 Å². The Balaban J connectivity index is 1.85. The number of likely N-dealkylation sites (N-methyl/N-ethyl adjacent to an activating group) is 1. The summed E-state index contributed by atoms with van der Waals surface area (Å²) in [7, 11) is 3.93. The smallest absolute Gasteiger partial charge is 0.118 e. The lowest BCUT2D eigenvalue weighted by molar-refractivity contribution is 0.351. The molecule has 4 rings (SSSR count). The molecule has 0 fully saturated rings. The maximum atomic E-state index is 5.29. The number of benzene rings is 2. The topological polar surface area (TPSA) is 17.4 Å². The molecular weight excluding hydrogens is 332 g/mol. The van der Waals surface area contributed by atoms with E-state index in [2.05, 4.69) is 66.9 Å². The van der Waals surface area contributed by atoms with Crippen molar-refractivity contribution in [3.63, 3.8) is 0 Å². The van der Waals surface area contributed by atoms with E-state index in [0.717, 1.165) is 31.7 Å². The minimum Gasteiger partial charge on any atom is -0.497 e. The van der Waals surface area contributed by atoms with Crippen LogP contribution in [0.4, 0.5) is 0 Å². The van der Waals surface area contributed by atoms with Crippen LogP contribution in [-0.4, -0.2) is 36.7 Å². The van der Waals surface area contributed by atoms with Crippen molar-refractivity contribution in [2.45, 2.75) is 26.7 Å². The van der Waals surface area contributed by atoms with Gasteiger partial charge in [0.15, 0.2) is 0 Å². The minimum absolute atomic E-state index is 0.894. The zero-order valence-electron chi connectivity index (χ0n) is 16.7. The number of ether oxygens (including phenoxy) is 1. The molecule has 27 heavy (non-hydrogen) atoms. The highest BCUT2D eigenvalue weighted by Crippen LogP contribution is 2.31. The van der Waals surface area contributed by atoms with Crippen molar-refractivity contribution in [1.29, 1.82) is 0 Å². The van der Waals surface area contributed by atoms with Gasteiger partial charge in [-0.25, -0.2) is 0 Å². The molecule has 3 aromatic rings. The van der Waals surface area contributed by atoms with Crippen molar-refractivity contribution in [1.82, 2.24) is 9.47 Å². The molecule has 0 spiro atoms.